The van der Waals surface area contributed by atoms with Gasteiger partial charge in [-0.3, -0.25) is 10.2 Å². The van der Waals surface area contributed by atoms with Crippen LogP contribution in [0, 0.1) is 12.7 Å². The lowest BCUT2D eigenvalue weighted by Gasteiger charge is -2.22. The number of benzene rings is 2. The Morgan fingerprint density at radius 2 is 2.08 bits per heavy atom. The van der Waals surface area contributed by atoms with Crippen LogP contribution in [-0.2, 0) is 4.84 Å². The number of hydrazine groups is 1. The van der Waals surface area contributed by atoms with Gasteiger partial charge in [0.15, 0.2) is 5.82 Å². The highest BCUT2D eigenvalue weighted by atomic mass is 19.1. The maximum absolute atomic E-state index is 15.2. The minimum atomic E-state index is -0.487. The Morgan fingerprint density at radius 3 is 2.72 bits per heavy atom. The Morgan fingerprint density at radius 1 is 1.32 bits per heavy atom. The highest BCUT2D eigenvalue weighted by Crippen LogP contribution is 2.35. The van der Waals surface area contributed by atoms with E-state index in [1.807, 2.05) is 30.3 Å². The van der Waals surface area contributed by atoms with E-state index in [9.17, 15) is 4.79 Å². The number of rotatable bonds is 4. The van der Waals surface area contributed by atoms with Crippen LogP contribution in [0.5, 0.6) is 0 Å². The molecule has 1 heterocycles. The van der Waals surface area contributed by atoms with Crippen molar-refractivity contribution in [2.75, 3.05) is 5.17 Å². The van der Waals surface area contributed by atoms with Gasteiger partial charge in [-0.2, -0.15) is 0 Å². The Bertz CT molecular complexity index is 839. The van der Waals surface area contributed by atoms with Crippen molar-refractivity contribution < 1.29 is 14.0 Å². The molecule has 2 aromatic rings. The summed E-state index contributed by atoms with van der Waals surface area (Å²) in [5.41, 5.74) is 5.11. The quantitative estimate of drug-likeness (QED) is 0.896. The zero-order valence-electron chi connectivity index (χ0n) is 13.8. The van der Waals surface area contributed by atoms with Crippen LogP contribution >= 0.6 is 0 Å². The van der Waals surface area contributed by atoms with Crippen LogP contribution in [0.2, 0.25) is 0 Å². The summed E-state index contributed by atoms with van der Waals surface area (Å²) in [5, 5.41) is 4.09. The number of amides is 1. The predicted octanol–water partition coefficient (Wildman–Crippen LogP) is 3.42. The Hall–Kier alpha value is -3.02. The number of hydrogen-bond acceptors (Lipinski definition) is 4. The fourth-order valence-corrected chi connectivity index (χ4v) is 2.85. The first-order valence-corrected chi connectivity index (χ1v) is 8.22. The molecule has 0 unspecified atom stereocenters. The molecule has 2 aliphatic rings. The van der Waals surface area contributed by atoms with Gasteiger partial charge in [0, 0.05) is 6.04 Å². The SMILES string of the molecule is Cc1c(-c2ccccc2)cc(C(=O)NC2CC2)c(N2NC=CO2)c1F. The normalized spacial score (nSPS) is 15.7. The highest BCUT2D eigenvalue weighted by molar-refractivity contribution is 6.02. The Balaban J connectivity index is 1.85. The monoisotopic (exact) mass is 339 g/mol. The first kappa shape index (κ1) is 15.5. The minimum absolute atomic E-state index is 0.0836. The summed E-state index contributed by atoms with van der Waals surface area (Å²) in [6, 6.07) is 11.4. The van der Waals surface area contributed by atoms with Gasteiger partial charge in [0.2, 0.25) is 0 Å². The van der Waals surface area contributed by atoms with Crippen molar-refractivity contribution in [2.24, 2.45) is 0 Å². The maximum Gasteiger partial charge on any atom is 0.253 e. The summed E-state index contributed by atoms with van der Waals surface area (Å²) in [5.74, 6) is -0.788. The molecule has 0 radical (unpaired) electrons. The van der Waals surface area contributed by atoms with E-state index >= 15 is 4.39 Å². The van der Waals surface area contributed by atoms with Gasteiger partial charge in [0.1, 0.15) is 11.9 Å². The fraction of sp³-hybridized carbons (Fsp3) is 0.211. The van der Waals surface area contributed by atoms with Gasteiger partial charge < -0.3 is 10.2 Å². The van der Waals surface area contributed by atoms with Crippen LogP contribution in [0.1, 0.15) is 28.8 Å². The first-order valence-electron chi connectivity index (χ1n) is 8.22. The van der Waals surface area contributed by atoms with E-state index in [0.29, 0.717) is 11.1 Å². The van der Waals surface area contributed by atoms with Crippen molar-refractivity contribution >= 4 is 11.6 Å². The van der Waals surface area contributed by atoms with Gasteiger partial charge in [-0.05, 0) is 42.5 Å². The Kier molecular flexibility index (Phi) is 3.80. The molecule has 0 bridgehead atoms. The third-order valence-corrected chi connectivity index (χ3v) is 4.36. The fourth-order valence-electron chi connectivity index (χ4n) is 2.85. The first-order chi connectivity index (χ1) is 12.1. The third kappa shape index (κ3) is 2.91. The minimum Gasteiger partial charge on any atom is -0.365 e. The maximum atomic E-state index is 15.2. The summed E-state index contributed by atoms with van der Waals surface area (Å²) in [6.45, 7) is 1.70. The van der Waals surface area contributed by atoms with E-state index < -0.39 is 5.82 Å². The molecular formula is C19H18FN3O2. The topological polar surface area (TPSA) is 53.6 Å². The van der Waals surface area contributed by atoms with Gasteiger partial charge in [-0.1, -0.05) is 30.3 Å². The lowest BCUT2D eigenvalue weighted by molar-refractivity contribution is 0.0948. The molecule has 1 saturated carbocycles. The average molecular weight is 339 g/mol. The second-order valence-electron chi connectivity index (χ2n) is 6.20. The van der Waals surface area contributed by atoms with Crippen LogP contribution in [0.4, 0.5) is 10.1 Å². The largest absolute Gasteiger partial charge is 0.365 e. The van der Waals surface area contributed by atoms with Crippen molar-refractivity contribution in [3.8, 4) is 11.1 Å². The average Bonchev–Trinajstić information content (AvgIpc) is 3.28. The zero-order valence-corrected chi connectivity index (χ0v) is 13.8. The summed E-state index contributed by atoms with van der Waals surface area (Å²) in [4.78, 5) is 18.0. The molecule has 1 amide bonds. The van der Waals surface area contributed by atoms with Gasteiger partial charge in [0.25, 0.3) is 5.91 Å². The summed E-state index contributed by atoms with van der Waals surface area (Å²) in [6.07, 6.45) is 4.84. The van der Waals surface area contributed by atoms with Crippen molar-refractivity contribution in [2.45, 2.75) is 25.8 Å². The van der Waals surface area contributed by atoms with E-state index in [1.165, 1.54) is 17.6 Å². The van der Waals surface area contributed by atoms with E-state index in [1.54, 1.807) is 13.0 Å². The molecule has 2 N–H and O–H groups in total. The highest BCUT2D eigenvalue weighted by Gasteiger charge is 2.30. The summed E-state index contributed by atoms with van der Waals surface area (Å²) >= 11 is 0. The van der Waals surface area contributed by atoms with Crippen LogP contribution < -0.4 is 15.9 Å². The van der Waals surface area contributed by atoms with E-state index in [0.717, 1.165) is 18.4 Å². The molecule has 0 saturated heterocycles. The molecule has 0 atom stereocenters. The van der Waals surface area contributed by atoms with Crippen LogP contribution in [0.25, 0.3) is 11.1 Å². The molecule has 0 spiro atoms. The second kappa shape index (κ2) is 6.12. The zero-order chi connectivity index (χ0) is 17.4. The Labute approximate surface area is 145 Å². The molecule has 25 heavy (non-hydrogen) atoms. The molecule has 5 nitrogen and oxygen atoms in total. The van der Waals surface area contributed by atoms with Crippen molar-refractivity contribution in [1.82, 2.24) is 10.7 Å². The molecule has 2 aromatic carbocycles. The lowest BCUT2D eigenvalue weighted by atomic mass is 9.95. The van der Waals surface area contributed by atoms with E-state index in [2.05, 4.69) is 10.7 Å². The summed E-state index contributed by atoms with van der Waals surface area (Å²) in [7, 11) is 0. The van der Waals surface area contributed by atoms with Crippen LogP contribution in [0.3, 0.4) is 0 Å². The molecular weight excluding hydrogens is 321 g/mol. The molecule has 6 heteroatoms. The number of nitrogens with one attached hydrogen (secondary N) is 2. The molecule has 128 valence electrons. The number of carbonyl (C=O) groups is 1. The number of anilines is 1. The third-order valence-electron chi connectivity index (χ3n) is 4.36. The van der Waals surface area contributed by atoms with Gasteiger partial charge in [0.05, 0.1) is 11.8 Å². The van der Waals surface area contributed by atoms with Gasteiger partial charge in [-0.15, -0.1) is 5.17 Å². The number of nitrogens with zero attached hydrogens (tertiary/aromatic N) is 1. The molecule has 1 fully saturated rings. The second-order valence-corrected chi connectivity index (χ2v) is 6.20. The molecule has 4 rings (SSSR count). The molecule has 1 aliphatic carbocycles. The lowest BCUT2D eigenvalue weighted by Crippen LogP contribution is -2.34. The van der Waals surface area contributed by atoms with Gasteiger partial charge >= 0.3 is 0 Å². The van der Waals surface area contributed by atoms with Crippen molar-refractivity contribution in [1.29, 1.82) is 0 Å². The van der Waals surface area contributed by atoms with Crippen molar-refractivity contribution in [3.05, 3.63) is 65.8 Å². The predicted molar refractivity (Wildman–Crippen MR) is 92.9 cm³/mol. The number of hydrogen-bond donors (Lipinski definition) is 2. The van der Waals surface area contributed by atoms with Crippen LogP contribution in [-0.4, -0.2) is 11.9 Å². The number of carbonyl (C=O) groups excluding carboxylic acids is 1. The molecule has 0 aromatic heterocycles. The van der Waals surface area contributed by atoms with Gasteiger partial charge in [-0.25, -0.2) is 4.39 Å². The van der Waals surface area contributed by atoms with E-state index in [4.69, 9.17) is 4.84 Å². The van der Waals surface area contributed by atoms with Crippen LogP contribution in [0.15, 0.2) is 48.9 Å². The standard InChI is InChI=1S/C19H18FN3O2/c1-12-15(13-5-3-2-4-6-13)11-16(19(24)22-14-7-8-14)18(17(12)20)23-21-9-10-25-23/h2-6,9-11,14,21H,7-8H2,1H3,(H,22,24). The smallest absolute Gasteiger partial charge is 0.253 e. The molecule has 1 aliphatic heterocycles. The summed E-state index contributed by atoms with van der Waals surface area (Å²) < 4.78 is 15.2. The van der Waals surface area contributed by atoms with E-state index in [-0.39, 0.29) is 23.2 Å². The van der Waals surface area contributed by atoms with Crippen molar-refractivity contribution in [3.63, 3.8) is 0 Å². The number of halogens is 1.